The Hall–Kier alpha value is -1.18. The van der Waals surface area contributed by atoms with E-state index in [9.17, 15) is 19.9 Å². The molecule has 4 aliphatic carbocycles. The molecule has 8 heteroatoms. The highest BCUT2D eigenvalue weighted by Crippen LogP contribution is 2.69. The summed E-state index contributed by atoms with van der Waals surface area (Å²) in [5, 5.41) is 27.9. The Morgan fingerprint density at radius 3 is 2.56 bits per heavy atom. The summed E-state index contributed by atoms with van der Waals surface area (Å²) in [7, 11) is 0. The molecule has 41 heavy (non-hydrogen) atoms. The van der Waals surface area contributed by atoms with Crippen LogP contribution in [-0.2, 0) is 0 Å². The molecule has 0 saturated heterocycles. The third-order valence-corrected chi connectivity index (χ3v) is 12.5. The molecule has 7 nitrogen and oxygen atoms in total. The quantitative estimate of drug-likeness (QED) is 0.0967. The zero-order chi connectivity index (χ0) is 29.9. The van der Waals surface area contributed by atoms with Crippen LogP contribution >= 0.6 is 11.6 Å². The number of nitroso groups, excluding NO2 is 1. The van der Waals surface area contributed by atoms with Gasteiger partial charge >= 0.3 is 6.03 Å². The number of fused-ring (bicyclic) bond motifs is 5. The lowest BCUT2D eigenvalue weighted by Gasteiger charge is -2.61. The van der Waals surface area contributed by atoms with Gasteiger partial charge in [-0.1, -0.05) is 65.5 Å². The average Bonchev–Trinajstić information content (AvgIpc) is 3.29. The van der Waals surface area contributed by atoms with Crippen molar-refractivity contribution in [2.75, 3.05) is 25.6 Å². The van der Waals surface area contributed by atoms with Gasteiger partial charge in [-0.15, -0.1) is 16.5 Å². The zero-order valence-corrected chi connectivity index (χ0v) is 26.9. The Morgan fingerprint density at radius 2 is 1.90 bits per heavy atom. The number of halogens is 1. The van der Waals surface area contributed by atoms with Crippen LogP contribution in [0.15, 0.2) is 16.9 Å². The summed E-state index contributed by atoms with van der Waals surface area (Å²) in [5.41, 5.74) is 1.73. The molecular formula is C33H56ClN3O4. The van der Waals surface area contributed by atoms with Crippen molar-refractivity contribution in [2.45, 2.75) is 105 Å². The third-order valence-electron chi connectivity index (χ3n) is 12.3. The van der Waals surface area contributed by atoms with Crippen LogP contribution in [0.4, 0.5) is 4.79 Å². The van der Waals surface area contributed by atoms with E-state index in [1.54, 1.807) is 0 Å². The predicted molar refractivity (Wildman–Crippen MR) is 165 cm³/mol. The molecule has 0 aromatic carbocycles. The number of aliphatic hydroxyl groups is 2. The first-order valence-corrected chi connectivity index (χ1v) is 17.0. The van der Waals surface area contributed by atoms with Crippen molar-refractivity contribution in [1.82, 2.24) is 10.3 Å². The van der Waals surface area contributed by atoms with Crippen LogP contribution < -0.4 is 5.32 Å². The van der Waals surface area contributed by atoms with Crippen molar-refractivity contribution < 1.29 is 15.0 Å². The summed E-state index contributed by atoms with van der Waals surface area (Å²) in [5.74, 6) is 3.79. The van der Waals surface area contributed by atoms with Crippen LogP contribution in [0.3, 0.4) is 0 Å². The van der Waals surface area contributed by atoms with E-state index in [0.717, 1.165) is 29.7 Å². The zero-order valence-electron chi connectivity index (χ0n) is 26.2. The lowest BCUT2D eigenvalue weighted by Crippen LogP contribution is -2.55. The molecule has 4 unspecified atom stereocenters. The maximum absolute atomic E-state index is 12.7. The number of nitrogens with one attached hydrogen (secondary N) is 1. The highest BCUT2D eigenvalue weighted by molar-refractivity contribution is 6.18. The van der Waals surface area contributed by atoms with E-state index in [0.29, 0.717) is 30.1 Å². The standard InChI is InChI=1S/C33H56ClN3O4/c1-21(2)7-6-8-22(3)27-9-10-28-30-26(23(20-38)19-35-31(40)37(36-41)16-15-34)18-24-17-25(39)11-13-32(24,4)29(30)12-14-33(27,28)5/h18,21-23,25-30,38-39H,6-17,19-20H2,1-5H3,(H,35,40)/t22-,23?,25+,26-,27-,28?,29?,30?,32+,33-/m1/s1. The lowest BCUT2D eigenvalue weighted by molar-refractivity contribution is -0.0877. The number of allylic oxidation sites excluding steroid dienone is 1. The van der Waals surface area contributed by atoms with E-state index < -0.39 is 6.03 Å². The first-order chi connectivity index (χ1) is 19.5. The second-order valence-corrected chi connectivity index (χ2v) is 15.3. The lowest BCUT2D eigenvalue weighted by atomic mass is 9.44. The summed E-state index contributed by atoms with van der Waals surface area (Å²) in [6, 6.07) is -0.568. The predicted octanol–water partition coefficient (Wildman–Crippen LogP) is 7.16. The monoisotopic (exact) mass is 593 g/mol. The number of hydrogen-bond donors (Lipinski definition) is 3. The van der Waals surface area contributed by atoms with Crippen LogP contribution in [0, 0.1) is 63.1 Å². The molecule has 0 radical (unpaired) electrons. The van der Waals surface area contributed by atoms with Gasteiger partial charge < -0.3 is 15.5 Å². The van der Waals surface area contributed by atoms with Crippen LogP contribution in [0.1, 0.15) is 98.8 Å². The highest BCUT2D eigenvalue weighted by Gasteiger charge is 2.61. The van der Waals surface area contributed by atoms with Crippen molar-refractivity contribution in [3.05, 3.63) is 16.6 Å². The molecule has 0 bridgehead atoms. The van der Waals surface area contributed by atoms with Gasteiger partial charge in [0.15, 0.2) is 0 Å². The molecule has 3 saturated carbocycles. The number of carbonyl (C=O) groups excluding carboxylic acids is 1. The minimum absolute atomic E-state index is 0.0420. The fraction of sp³-hybridized carbons (Fsp3) is 0.909. The molecule has 0 spiro atoms. The molecule has 2 amide bonds. The fourth-order valence-electron chi connectivity index (χ4n) is 10.1. The SMILES string of the molecule is CC(C)CCC[C@@H](C)[C@H]1CCC2C3C(CC[C@@]21C)[C@@]1(C)CC[C@H](O)CC1=C[C@@H]3C(CO)CNC(=O)N(CCCl)N=O. The number of amides is 2. The van der Waals surface area contributed by atoms with Crippen molar-refractivity contribution in [2.24, 2.45) is 63.5 Å². The van der Waals surface area contributed by atoms with E-state index in [-0.39, 0.29) is 54.3 Å². The summed E-state index contributed by atoms with van der Waals surface area (Å²) in [6.45, 7) is 12.4. The first kappa shape index (κ1) is 32.7. The second kappa shape index (κ2) is 13.6. The minimum Gasteiger partial charge on any atom is -0.396 e. The van der Waals surface area contributed by atoms with Crippen molar-refractivity contribution in [1.29, 1.82) is 0 Å². The van der Waals surface area contributed by atoms with E-state index in [4.69, 9.17) is 11.6 Å². The maximum atomic E-state index is 12.7. The molecule has 4 rings (SSSR count). The Morgan fingerprint density at radius 1 is 1.15 bits per heavy atom. The summed E-state index contributed by atoms with van der Waals surface area (Å²) in [4.78, 5) is 23.9. The summed E-state index contributed by atoms with van der Waals surface area (Å²) >= 11 is 5.75. The number of urea groups is 1. The van der Waals surface area contributed by atoms with Crippen LogP contribution in [0.2, 0.25) is 0 Å². The number of alkyl halides is 1. The third kappa shape index (κ3) is 6.52. The van der Waals surface area contributed by atoms with Crippen molar-refractivity contribution in [3.8, 4) is 0 Å². The molecule has 0 aromatic rings. The molecule has 3 N–H and O–H groups in total. The minimum atomic E-state index is -0.568. The van der Waals surface area contributed by atoms with Gasteiger partial charge in [0.25, 0.3) is 0 Å². The van der Waals surface area contributed by atoms with Crippen molar-refractivity contribution >= 4 is 17.6 Å². The molecule has 3 fully saturated rings. The number of rotatable bonds is 12. The number of aliphatic hydroxyl groups excluding tert-OH is 2. The second-order valence-electron chi connectivity index (χ2n) is 14.9. The number of carbonyl (C=O) groups is 1. The first-order valence-electron chi connectivity index (χ1n) is 16.4. The number of hydrogen-bond acceptors (Lipinski definition) is 5. The molecule has 4 aliphatic rings. The van der Waals surface area contributed by atoms with Gasteiger partial charge in [0, 0.05) is 24.9 Å². The molecule has 0 aromatic heterocycles. The van der Waals surface area contributed by atoms with E-state index in [1.165, 1.54) is 50.5 Å². The van der Waals surface area contributed by atoms with Gasteiger partial charge in [-0.05, 0) is 97.2 Å². The maximum Gasteiger partial charge on any atom is 0.340 e. The van der Waals surface area contributed by atoms with Gasteiger partial charge in [-0.2, -0.15) is 5.01 Å². The Labute approximate surface area is 253 Å². The Balaban J connectivity index is 1.62. The van der Waals surface area contributed by atoms with Crippen LogP contribution in [0.25, 0.3) is 0 Å². The van der Waals surface area contributed by atoms with E-state index >= 15 is 0 Å². The molecule has 234 valence electrons. The average molecular weight is 594 g/mol. The van der Waals surface area contributed by atoms with E-state index in [1.807, 2.05) is 0 Å². The smallest absolute Gasteiger partial charge is 0.340 e. The van der Waals surface area contributed by atoms with Crippen molar-refractivity contribution in [3.63, 3.8) is 0 Å². The largest absolute Gasteiger partial charge is 0.396 e. The molecule has 10 atom stereocenters. The fourth-order valence-corrected chi connectivity index (χ4v) is 10.2. The normalized spacial score (nSPS) is 37.8. The van der Waals surface area contributed by atoms with Crippen LogP contribution in [0.5, 0.6) is 0 Å². The molecule has 0 aliphatic heterocycles. The van der Waals surface area contributed by atoms with Gasteiger partial charge in [0.05, 0.1) is 17.9 Å². The van der Waals surface area contributed by atoms with Gasteiger partial charge in [-0.3, -0.25) is 0 Å². The van der Waals surface area contributed by atoms with Gasteiger partial charge in [-0.25, -0.2) is 4.79 Å². The van der Waals surface area contributed by atoms with Crippen LogP contribution in [-0.4, -0.2) is 52.9 Å². The van der Waals surface area contributed by atoms with E-state index in [2.05, 4.69) is 51.3 Å². The topological polar surface area (TPSA) is 102 Å². The molecule has 0 heterocycles. The number of nitrogens with zero attached hydrogens (tertiary/aromatic N) is 2. The Kier molecular flexibility index (Phi) is 10.9. The summed E-state index contributed by atoms with van der Waals surface area (Å²) in [6.07, 6.45) is 13.6. The summed E-state index contributed by atoms with van der Waals surface area (Å²) < 4.78 is 0. The molecular weight excluding hydrogens is 538 g/mol. The highest BCUT2D eigenvalue weighted by atomic mass is 35.5. The van der Waals surface area contributed by atoms with Gasteiger partial charge in [0.2, 0.25) is 0 Å². The van der Waals surface area contributed by atoms with Gasteiger partial charge in [0.1, 0.15) is 0 Å². The Bertz CT molecular complexity index is 945.